The first-order chi connectivity index (χ1) is 17.1. The molecule has 5 atom stereocenters. The van der Waals surface area contributed by atoms with Gasteiger partial charge in [-0.25, -0.2) is 9.36 Å². The molecule has 36 heavy (non-hydrogen) atoms. The largest absolute Gasteiger partial charge is 0.462 e. The van der Waals surface area contributed by atoms with Crippen LogP contribution in [0.2, 0.25) is 0 Å². The number of nitrogens with two attached hydrogens (primary N) is 1. The molecule has 1 aromatic heterocycles. The third-order valence-electron chi connectivity index (χ3n) is 5.35. The summed E-state index contributed by atoms with van der Waals surface area (Å²) in [5.41, 5.74) is 4.93. The van der Waals surface area contributed by atoms with E-state index in [0.29, 0.717) is 6.42 Å². The van der Waals surface area contributed by atoms with Gasteiger partial charge in [0.2, 0.25) is 0 Å². The lowest BCUT2D eigenvalue weighted by Gasteiger charge is -2.28. The molecular formula is C23H33N4O8P. The van der Waals surface area contributed by atoms with Gasteiger partial charge in [0.05, 0.1) is 12.7 Å². The van der Waals surface area contributed by atoms with E-state index >= 15 is 0 Å². The summed E-state index contributed by atoms with van der Waals surface area (Å²) < 4.78 is 43.1. The van der Waals surface area contributed by atoms with Gasteiger partial charge in [-0.05, 0) is 37.5 Å². The van der Waals surface area contributed by atoms with Crippen molar-refractivity contribution in [3.05, 3.63) is 53.1 Å². The minimum atomic E-state index is -4.13. The van der Waals surface area contributed by atoms with Crippen molar-refractivity contribution in [3.8, 4) is 5.75 Å². The first kappa shape index (κ1) is 27.8. The van der Waals surface area contributed by atoms with E-state index in [1.165, 1.54) is 16.8 Å². The van der Waals surface area contributed by atoms with Gasteiger partial charge >= 0.3 is 19.4 Å². The molecule has 3 unspecified atom stereocenters. The van der Waals surface area contributed by atoms with E-state index in [1.807, 2.05) is 6.92 Å². The number of esters is 1. The maximum absolute atomic E-state index is 13.8. The molecule has 0 aliphatic carbocycles. The highest BCUT2D eigenvalue weighted by atomic mass is 31.2. The van der Waals surface area contributed by atoms with Gasteiger partial charge in [0, 0.05) is 6.20 Å². The zero-order valence-electron chi connectivity index (χ0n) is 20.7. The molecule has 0 bridgehead atoms. The Balaban J connectivity index is 1.72. The first-order valence-electron chi connectivity index (χ1n) is 11.7. The normalized spacial score (nSPS) is 21.0. The summed E-state index contributed by atoms with van der Waals surface area (Å²) in [5, 5.41) is 2.74. The Hall–Kier alpha value is -2.76. The Bertz CT molecular complexity index is 1110. The fourth-order valence-electron chi connectivity index (χ4n) is 3.19. The van der Waals surface area contributed by atoms with Crippen LogP contribution < -0.4 is 21.0 Å². The third kappa shape index (κ3) is 7.62. The van der Waals surface area contributed by atoms with Crippen molar-refractivity contribution in [1.82, 2.24) is 14.6 Å². The summed E-state index contributed by atoms with van der Waals surface area (Å²) in [6.07, 6.45) is 0.0478. The summed E-state index contributed by atoms with van der Waals surface area (Å²) in [6, 6.07) is 8.92. The standard InChI is InChI=1S/C23H33N4O8P/c1-5-16(4)33-22(28)21(15(2)3)26-36(30,35-17-9-7-6-8-10-17)32-14-20-31-13-19(34-20)27-12-11-18(24)25-23(27)29/h6-12,15-16,19-21H,5,13-14H2,1-4H3,(H,26,30)(H2,24,25,29)/t16?,19-,20-,21?,36?/m0/s1. The summed E-state index contributed by atoms with van der Waals surface area (Å²) in [6.45, 7) is 6.97. The Morgan fingerprint density at radius 3 is 2.64 bits per heavy atom. The maximum atomic E-state index is 13.8. The smallest absolute Gasteiger partial charge is 0.459 e. The van der Waals surface area contributed by atoms with Crippen molar-refractivity contribution in [1.29, 1.82) is 0 Å². The second-order valence-corrected chi connectivity index (χ2v) is 10.3. The zero-order chi connectivity index (χ0) is 26.3. The molecule has 2 aromatic rings. The first-order valence-corrected chi connectivity index (χ1v) is 13.2. The van der Waals surface area contributed by atoms with Crippen molar-refractivity contribution < 1.29 is 32.6 Å². The summed E-state index contributed by atoms with van der Waals surface area (Å²) in [5.74, 6) is -0.488. The summed E-state index contributed by atoms with van der Waals surface area (Å²) >= 11 is 0. The molecule has 2 heterocycles. The van der Waals surface area contributed by atoms with Gasteiger partial charge in [0.15, 0.2) is 12.5 Å². The van der Waals surface area contributed by atoms with Gasteiger partial charge in [-0.3, -0.25) is 13.9 Å². The van der Waals surface area contributed by atoms with Gasteiger partial charge < -0.3 is 24.5 Å². The van der Waals surface area contributed by atoms with Gasteiger partial charge in [-0.15, -0.1) is 0 Å². The number of rotatable bonds is 12. The van der Waals surface area contributed by atoms with Gasteiger partial charge in [-0.1, -0.05) is 39.0 Å². The minimum Gasteiger partial charge on any atom is -0.462 e. The molecular weight excluding hydrogens is 491 g/mol. The number of nitrogen functional groups attached to an aromatic ring is 1. The number of carbonyl (C=O) groups is 1. The number of benzene rings is 1. The Morgan fingerprint density at radius 1 is 1.28 bits per heavy atom. The predicted molar refractivity (Wildman–Crippen MR) is 131 cm³/mol. The van der Waals surface area contributed by atoms with Crippen LogP contribution in [0.1, 0.15) is 40.3 Å². The molecule has 198 valence electrons. The predicted octanol–water partition coefficient (Wildman–Crippen LogP) is 2.86. The third-order valence-corrected chi connectivity index (χ3v) is 6.89. The second-order valence-electron chi connectivity index (χ2n) is 8.60. The van der Waals surface area contributed by atoms with Crippen LogP contribution in [0.25, 0.3) is 0 Å². The molecule has 1 fully saturated rings. The molecule has 3 N–H and O–H groups in total. The molecule has 1 aliphatic heterocycles. The number of anilines is 1. The molecule has 12 nitrogen and oxygen atoms in total. The van der Waals surface area contributed by atoms with Crippen LogP contribution in [0.5, 0.6) is 5.75 Å². The molecule has 1 aliphatic rings. The molecule has 0 spiro atoms. The number of para-hydroxylation sites is 1. The van der Waals surface area contributed by atoms with E-state index in [2.05, 4.69) is 10.1 Å². The Kier molecular flexibility index (Phi) is 9.63. The molecule has 1 aromatic carbocycles. The molecule has 3 rings (SSSR count). The van der Waals surface area contributed by atoms with Crippen molar-refractivity contribution >= 4 is 19.5 Å². The highest BCUT2D eigenvalue weighted by molar-refractivity contribution is 7.52. The number of hydrogen-bond donors (Lipinski definition) is 2. The number of aromatic nitrogens is 2. The molecule has 0 radical (unpaired) electrons. The average molecular weight is 525 g/mol. The fourth-order valence-corrected chi connectivity index (χ4v) is 4.83. The maximum Gasteiger partial charge on any atom is 0.459 e. The van der Waals surface area contributed by atoms with E-state index in [0.717, 1.165) is 0 Å². The number of carbonyl (C=O) groups excluding carboxylic acids is 1. The summed E-state index contributed by atoms with van der Waals surface area (Å²) in [7, 11) is -4.13. The Morgan fingerprint density at radius 2 is 2.00 bits per heavy atom. The van der Waals surface area contributed by atoms with E-state index in [1.54, 1.807) is 51.1 Å². The number of ether oxygens (including phenoxy) is 3. The molecule has 0 saturated carbocycles. The summed E-state index contributed by atoms with van der Waals surface area (Å²) in [4.78, 5) is 28.5. The second kappa shape index (κ2) is 12.5. The van der Waals surface area contributed by atoms with Crippen LogP contribution in [0.4, 0.5) is 5.82 Å². The van der Waals surface area contributed by atoms with Crippen LogP contribution in [0, 0.1) is 5.92 Å². The lowest BCUT2D eigenvalue weighted by Crippen LogP contribution is -2.43. The quantitative estimate of drug-likeness (QED) is 0.311. The van der Waals surface area contributed by atoms with Crippen LogP contribution in [-0.4, -0.2) is 47.2 Å². The topological polar surface area (TPSA) is 153 Å². The molecule has 1 saturated heterocycles. The number of nitrogens with zero attached hydrogens (tertiary/aromatic N) is 2. The van der Waals surface area contributed by atoms with Crippen molar-refractivity contribution in [2.24, 2.45) is 5.92 Å². The highest BCUT2D eigenvalue weighted by Gasteiger charge is 2.38. The Labute approximate surface area is 209 Å². The molecule has 0 amide bonds. The molecule has 13 heteroatoms. The van der Waals surface area contributed by atoms with E-state index in [4.69, 9.17) is 29.0 Å². The lowest BCUT2D eigenvalue weighted by atomic mass is 10.1. The van der Waals surface area contributed by atoms with Crippen molar-refractivity contribution in [2.75, 3.05) is 18.9 Å². The monoisotopic (exact) mass is 524 g/mol. The van der Waals surface area contributed by atoms with Gasteiger partial charge in [0.1, 0.15) is 24.2 Å². The van der Waals surface area contributed by atoms with Crippen LogP contribution >= 0.6 is 7.75 Å². The van der Waals surface area contributed by atoms with Crippen LogP contribution in [0.3, 0.4) is 0 Å². The average Bonchev–Trinajstić information content (AvgIpc) is 3.30. The highest BCUT2D eigenvalue weighted by Crippen LogP contribution is 2.46. The van der Waals surface area contributed by atoms with Gasteiger partial charge in [-0.2, -0.15) is 10.1 Å². The van der Waals surface area contributed by atoms with E-state index in [-0.39, 0.29) is 36.8 Å². The lowest BCUT2D eigenvalue weighted by molar-refractivity contribution is -0.151. The van der Waals surface area contributed by atoms with E-state index < -0.39 is 38.0 Å². The fraction of sp³-hybridized carbons (Fsp3) is 0.522. The minimum absolute atomic E-state index is 0.0344. The SMILES string of the molecule is CCC(C)OC(=O)C(NP(=O)(OC[C@H]1OC[C@@H](n2ccc(N)nc2=O)O1)Oc1ccccc1)C(C)C. The van der Waals surface area contributed by atoms with Crippen LogP contribution in [0.15, 0.2) is 47.4 Å². The van der Waals surface area contributed by atoms with Crippen molar-refractivity contribution in [2.45, 2.75) is 58.8 Å². The van der Waals surface area contributed by atoms with Gasteiger partial charge in [0.25, 0.3) is 0 Å². The number of nitrogens with one attached hydrogen (secondary N) is 1. The van der Waals surface area contributed by atoms with E-state index in [9.17, 15) is 14.2 Å². The van der Waals surface area contributed by atoms with Crippen LogP contribution in [-0.2, 0) is 28.1 Å². The zero-order valence-corrected chi connectivity index (χ0v) is 21.6. The number of hydrogen-bond acceptors (Lipinski definition) is 10. The van der Waals surface area contributed by atoms with Crippen molar-refractivity contribution in [3.63, 3.8) is 0 Å².